The third-order valence-corrected chi connectivity index (χ3v) is 15.3. The molecule has 0 radical (unpaired) electrons. The molecule has 1 amide bonds. The van der Waals surface area contributed by atoms with Crippen molar-refractivity contribution in [2.75, 3.05) is 40.9 Å². The van der Waals surface area contributed by atoms with E-state index in [0.29, 0.717) is 17.4 Å². The van der Waals surface area contributed by atoms with Crippen LogP contribution in [0.15, 0.2) is 48.6 Å². The van der Waals surface area contributed by atoms with Crippen molar-refractivity contribution in [3.8, 4) is 0 Å². The van der Waals surface area contributed by atoms with Gasteiger partial charge in [0.05, 0.1) is 33.8 Å². The number of allylic oxidation sites excluding steroid dienone is 7. The maximum Gasteiger partial charge on any atom is 0.472 e. The molecule has 0 bridgehead atoms. The zero-order chi connectivity index (χ0) is 55.0. The Bertz CT molecular complexity index is 1420. The Hall–Kier alpha value is -2.03. The number of esters is 1. The molecule has 0 aromatic carbocycles. The number of hydrogen-bond acceptors (Lipinski definition) is 6. The van der Waals surface area contributed by atoms with E-state index in [-0.39, 0.29) is 31.5 Å². The Labute approximate surface area is 465 Å². The Morgan fingerprint density at radius 1 is 0.467 bits per heavy atom. The SMILES string of the molecule is CCCCC/C=C\C/C=C\C/C=C\CCCCCCCCCCCCC(=O)OC(/C=C/CCCCCCCCCCCCC)C(COP(=O)(O)OCC[N+](C)(C)C)NC(=O)CCCCCCCCCCCCCCC. The smallest absolute Gasteiger partial charge is 0.456 e. The van der Waals surface area contributed by atoms with Crippen LogP contribution in [0.1, 0.15) is 303 Å². The zero-order valence-corrected chi connectivity index (χ0v) is 51.2. The van der Waals surface area contributed by atoms with Crippen molar-refractivity contribution in [1.29, 1.82) is 0 Å². The fourth-order valence-corrected chi connectivity index (χ4v) is 10.0. The second kappa shape index (κ2) is 55.3. The summed E-state index contributed by atoms with van der Waals surface area (Å²) in [6.07, 6.45) is 68.2. The number of ether oxygens (including phenoxy) is 1. The molecule has 0 saturated carbocycles. The van der Waals surface area contributed by atoms with E-state index in [0.717, 1.165) is 70.6 Å². The number of quaternary nitrogens is 1. The molecule has 0 aromatic rings. The molecule has 0 fully saturated rings. The lowest BCUT2D eigenvalue weighted by Crippen LogP contribution is -2.47. The van der Waals surface area contributed by atoms with Crippen molar-refractivity contribution >= 4 is 19.7 Å². The number of nitrogens with one attached hydrogen (secondary N) is 1. The number of phosphoric acid groups is 1. The molecule has 0 aliphatic heterocycles. The molecule has 10 heteroatoms. The molecule has 440 valence electrons. The summed E-state index contributed by atoms with van der Waals surface area (Å²) in [6.45, 7) is 7.01. The molecule has 0 aliphatic carbocycles. The van der Waals surface area contributed by atoms with Crippen LogP contribution in [-0.2, 0) is 27.9 Å². The van der Waals surface area contributed by atoms with Gasteiger partial charge in [0.15, 0.2) is 0 Å². The van der Waals surface area contributed by atoms with Crippen molar-refractivity contribution in [3.05, 3.63) is 48.6 Å². The molecule has 0 rings (SSSR count). The fraction of sp³-hybridized carbons (Fsp3) is 0.846. The topological polar surface area (TPSA) is 111 Å². The van der Waals surface area contributed by atoms with Gasteiger partial charge in [0, 0.05) is 12.8 Å². The molecule has 9 nitrogen and oxygen atoms in total. The highest BCUT2D eigenvalue weighted by Gasteiger charge is 2.30. The Kier molecular flexibility index (Phi) is 53.8. The van der Waals surface area contributed by atoms with Gasteiger partial charge in [0.1, 0.15) is 19.3 Å². The van der Waals surface area contributed by atoms with Crippen molar-refractivity contribution in [2.45, 2.75) is 315 Å². The normalized spacial score (nSPS) is 14.0. The van der Waals surface area contributed by atoms with Crippen LogP contribution >= 0.6 is 7.82 Å². The molecule has 0 aromatic heterocycles. The maximum atomic E-state index is 13.5. The van der Waals surface area contributed by atoms with Gasteiger partial charge in [-0.1, -0.05) is 269 Å². The first-order chi connectivity index (χ1) is 36.4. The lowest BCUT2D eigenvalue weighted by atomic mass is 10.0. The van der Waals surface area contributed by atoms with Crippen molar-refractivity contribution in [1.82, 2.24) is 5.32 Å². The number of nitrogens with zero attached hydrogens (tertiary/aromatic N) is 1. The van der Waals surface area contributed by atoms with Crippen LogP contribution in [0.25, 0.3) is 0 Å². The number of carbonyl (C=O) groups is 2. The number of unbranched alkanes of at least 4 members (excludes halogenated alkanes) is 36. The summed E-state index contributed by atoms with van der Waals surface area (Å²) >= 11 is 0. The second-order valence-electron chi connectivity index (χ2n) is 22.9. The molecule has 0 spiro atoms. The van der Waals surface area contributed by atoms with E-state index in [9.17, 15) is 19.0 Å². The van der Waals surface area contributed by atoms with Crippen LogP contribution in [0.5, 0.6) is 0 Å². The number of rotatable bonds is 58. The molecule has 0 heterocycles. The van der Waals surface area contributed by atoms with E-state index < -0.39 is 20.0 Å². The van der Waals surface area contributed by atoms with E-state index >= 15 is 0 Å². The summed E-state index contributed by atoms with van der Waals surface area (Å²) in [7, 11) is 1.50. The van der Waals surface area contributed by atoms with Gasteiger partial charge in [-0.15, -0.1) is 0 Å². The van der Waals surface area contributed by atoms with Crippen molar-refractivity contribution in [2.24, 2.45) is 0 Å². The third kappa shape index (κ3) is 56.5. The number of hydrogen-bond donors (Lipinski definition) is 2. The molecule has 75 heavy (non-hydrogen) atoms. The monoisotopic (exact) mass is 1080 g/mol. The van der Waals surface area contributed by atoms with Gasteiger partial charge >= 0.3 is 13.8 Å². The van der Waals surface area contributed by atoms with E-state index in [1.165, 1.54) is 199 Å². The Morgan fingerprint density at radius 2 is 0.813 bits per heavy atom. The van der Waals surface area contributed by atoms with Crippen LogP contribution in [0.2, 0.25) is 0 Å². The highest BCUT2D eigenvalue weighted by molar-refractivity contribution is 7.47. The second-order valence-corrected chi connectivity index (χ2v) is 24.4. The maximum absolute atomic E-state index is 13.5. The minimum atomic E-state index is -4.45. The molecule has 3 atom stereocenters. The Balaban J connectivity index is 5.18. The summed E-state index contributed by atoms with van der Waals surface area (Å²) in [6, 6.07) is -0.847. The first-order valence-electron chi connectivity index (χ1n) is 32.0. The standard InChI is InChI=1S/C65H123N2O7P/c1-7-10-13-16-19-22-25-28-29-30-31-32-33-34-35-36-37-40-43-46-49-52-55-58-65(69)74-63(56-53-50-47-44-41-38-26-23-20-17-14-11-8-2)62(61-73-75(70,71)72-60-59-67(4,5)6)66-64(68)57-54-51-48-45-42-39-27-24-21-18-15-12-9-3/h19,22,28-29,31-32,53,56,62-63H,7-18,20-21,23-27,30,33-52,54-55,57-61H2,1-6H3,(H-,66,68,70,71)/p+1/b22-19-,29-28-,32-31-,56-53+. The molecule has 0 aliphatic rings. The minimum absolute atomic E-state index is 0.0411. The van der Waals surface area contributed by atoms with Crippen LogP contribution in [-0.4, -0.2) is 74.3 Å². The number of amides is 1. The fourth-order valence-electron chi connectivity index (χ4n) is 9.30. The van der Waals surface area contributed by atoms with Crippen molar-refractivity contribution < 1.29 is 37.3 Å². The predicted octanol–water partition coefficient (Wildman–Crippen LogP) is 19.7. The summed E-state index contributed by atoms with van der Waals surface area (Å²) in [5.74, 6) is -0.498. The number of likely N-dealkylation sites (N-methyl/N-ethyl adjacent to an activating group) is 1. The van der Waals surface area contributed by atoms with Gasteiger partial charge in [0.2, 0.25) is 5.91 Å². The molecule has 0 saturated heterocycles. The quantitative estimate of drug-likeness (QED) is 0.0205. The van der Waals surface area contributed by atoms with E-state index in [1.54, 1.807) is 0 Å². The molecular formula is C65H124N2O7P+. The third-order valence-electron chi connectivity index (χ3n) is 14.3. The van der Waals surface area contributed by atoms with Gasteiger partial charge in [-0.05, 0) is 70.3 Å². The van der Waals surface area contributed by atoms with E-state index in [2.05, 4.69) is 62.5 Å². The number of phosphoric ester groups is 1. The van der Waals surface area contributed by atoms with E-state index in [4.69, 9.17) is 13.8 Å². The van der Waals surface area contributed by atoms with Crippen LogP contribution < -0.4 is 5.32 Å². The Morgan fingerprint density at radius 3 is 1.24 bits per heavy atom. The number of carbonyl (C=O) groups excluding carboxylic acids is 2. The van der Waals surface area contributed by atoms with Gasteiger partial charge < -0.3 is 19.4 Å². The molecular weight excluding hydrogens is 952 g/mol. The predicted molar refractivity (Wildman–Crippen MR) is 323 cm³/mol. The van der Waals surface area contributed by atoms with Gasteiger partial charge in [0.25, 0.3) is 0 Å². The van der Waals surface area contributed by atoms with Gasteiger partial charge in [-0.25, -0.2) is 4.57 Å². The van der Waals surface area contributed by atoms with Crippen LogP contribution in [0.4, 0.5) is 0 Å². The first kappa shape index (κ1) is 73.0. The van der Waals surface area contributed by atoms with Crippen LogP contribution in [0, 0.1) is 0 Å². The first-order valence-corrected chi connectivity index (χ1v) is 33.5. The lowest BCUT2D eigenvalue weighted by Gasteiger charge is -2.27. The average molecular weight is 1080 g/mol. The molecule has 3 unspecified atom stereocenters. The lowest BCUT2D eigenvalue weighted by molar-refractivity contribution is -0.870. The summed E-state index contributed by atoms with van der Waals surface area (Å²) < 4.78 is 30.7. The highest BCUT2D eigenvalue weighted by Crippen LogP contribution is 2.43. The van der Waals surface area contributed by atoms with Crippen LogP contribution in [0.3, 0.4) is 0 Å². The molecule has 2 N–H and O–H groups in total. The summed E-state index contributed by atoms with van der Waals surface area (Å²) in [5.41, 5.74) is 0. The zero-order valence-electron chi connectivity index (χ0n) is 50.3. The van der Waals surface area contributed by atoms with Gasteiger partial charge in [-0.2, -0.15) is 0 Å². The minimum Gasteiger partial charge on any atom is -0.456 e. The van der Waals surface area contributed by atoms with Crippen molar-refractivity contribution in [3.63, 3.8) is 0 Å². The largest absolute Gasteiger partial charge is 0.472 e. The summed E-state index contributed by atoms with van der Waals surface area (Å²) in [5, 5.41) is 3.06. The summed E-state index contributed by atoms with van der Waals surface area (Å²) in [4.78, 5) is 37.7. The van der Waals surface area contributed by atoms with E-state index in [1.807, 2.05) is 33.3 Å². The average Bonchev–Trinajstić information content (AvgIpc) is 3.37. The van der Waals surface area contributed by atoms with Gasteiger partial charge in [-0.3, -0.25) is 18.6 Å². The highest BCUT2D eigenvalue weighted by atomic mass is 31.2.